The van der Waals surface area contributed by atoms with Crippen LogP contribution in [0.25, 0.3) is 11.3 Å². The zero-order valence-electron chi connectivity index (χ0n) is 16.5. The van der Waals surface area contributed by atoms with Gasteiger partial charge in [-0.3, -0.25) is 10.1 Å². The fraction of sp³-hybridized carbons (Fsp3) is 0.217. The summed E-state index contributed by atoms with van der Waals surface area (Å²) in [6, 6.07) is 17.5. The predicted octanol–water partition coefficient (Wildman–Crippen LogP) is 5.81. The van der Waals surface area contributed by atoms with Crippen molar-refractivity contribution in [2.45, 2.75) is 33.6 Å². The van der Waals surface area contributed by atoms with Crippen LogP contribution in [-0.4, -0.2) is 11.0 Å². The van der Waals surface area contributed by atoms with Crippen LogP contribution in [0, 0.1) is 13.8 Å². The molecule has 0 aliphatic carbocycles. The van der Waals surface area contributed by atoms with Crippen LogP contribution in [-0.2, 0) is 0 Å². The van der Waals surface area contributed by atoms with E-state index in [2.05, 4.69) is 31.4 Å². The second-order valence-corrected chi connectivity index (χ2v) is 7.56. The molecule has 1 heterocycles. The van der Waals surface area contributed by atoms with Gasteiger partial charge in [-0.25, -0.2) is 0 Å². The lowest BCUT2D eigenvalue weighted by Gasteiger charge is -2.10. The lowest BCUT2D eigenvalue weighted by Crippen LogP contribution is -2.33. The molecule has 0 aliphatic heterocycles. The van der Waals surface area contributed by atoms with Gasteiger partial charge in [-0.05, 0) is 79.0 Å². The Kier molecular flexibility index (Phi) is 5.95. The number of amides is 1. The van der Waals surface area contributed by atoms with Crippen LogP contribution in [0.3, 0.4) is 0 Å². The number of nitrogens with one attached hydrogen (secondary N) is 2. The molecule has 1 amide bonds. The van der Waals surface area contributed by atoms with Gasteiger partial charge in [0.05, 0.1) is 0 Å². The van der Waals surface area contributed by atoms with Crippen molar-refractivity contribution in [3.05, 3.63) is 77.0 Å². The molecule has 0 spiro atoms. The van der Waals surface area contributed by atoms with Crippen LogP contribution in [0.5, 0.6) is 0 Å². The van der Waals surface area contributed by atoms with Gasteiger partial charge in [0.15, 0.2) is 10.9 Å². The molecule has 3 rings (SSSR count). The maximum atomic E-state index is 12.4. The highest BCUT2D eigenvalue weighted by Crippen LogP contribution is 2.24. The molecule has 1 aromatic heterocycles. The Balaban J connectivity index is 1.63. The Morgan fingerprint density at radius 2 is 1.68 bits per heavy atom. The van der Waals surface area contributed by atoms with E-state index in [-0.39, 0.29) is 16.8 Å². The third-order valence-corrected chi connectivity index (χ3v) is 4.89. The first-order chi connectivity index (χ1) is 13.3. The number of thiocarbonyl (C=S) groups is 1. The number of aryl methyl sites for hydroxylation is 2. The first kappa shape index (κ1) is 19.8. The Morgan fingerprint density at radius 1 is 0.964 bits per heavy atom. The minimum atomic E-state index is -0.383. The van der Waals surface area contributed by atoms with E-state index in [0.29, 0.717) is 11.7 Å². The fourth-order valence-electron chi connectivity index (χ4n) is 2.79. The summed E-state index contributed by atoms with van der Waals surface area (Å²) in [5.74, 6) is 0.946. The molecule has 0 atom stereocenters. The normalized spacial score (nSPS) is 10.8. The van der Waals surface area contributed by atoms with E-state index in [1.165, 1.54) is 16.7 Å². The highest BCUT2D eigenvalue weighted by molar-refractivity contribution is 7.80. The molecule has 2 N–H and O–H groups in total. The number of furan rings is 1. The van der Waals surface area contributed by atoms with Gasteiger partial charge in [0.25, 0.3) is 5.91 Å². The maximum absolute atomic E-state index is 12.4. The van der Waals surface area contributed by atoms with Gasteiger partial charge in [0.1, 0.15) is 5.76 Å². The summed E-state index contributed by atoms with van der Waals surface area (Å²) in [6.45, 7) is 8.39. The number of hydrogen-bond acceptors (Lipinski definition) is 3. The van der Waals surface area contributed by atoms with E-state index in [1.807, 2.05) is 49.4 Å². The zero-order valence-corrected chi connectivity index (χ0v) is 17.3. The fourth-order valence-corrected chi connectivity index (χ4v) is 3.00. The van der Waals surface area contributed by atoms with Crippen LogP contribution < -0.4 is 10.6 Å². The SMILES string of the molecule is Cc1ccc(-c2ccc(C(=O)NC(=S)Nc3ccc(C(C)C)cc3)o2)cc1C. The number of hydrogen-bond donors (Lipinski definition) is 2. The van der Waals surface area contributed by atoms with E-state index < -0.39 is 0 Å². The largest absolute Gasteiger partial charge is 0.451 e. The Bertz CT molecular complexity index is 1000. The average Bonchev–Trinajstić information content (AvgIpc) is 3.14. The molecule has 3 aromatic rings. The second kappa shape index (κ2) is 8.40. The van der Waals surface area contributed by atoms with Gasteiger partial charge >= 0.3 is 0 Å². The van der Waals surface area contributed by atoms with Crippen LogP contribution >= 0.6 is 12.2 Å². The summed E-state index contributed by atoms with van der Waals surface area (Å²) in [4.78, 5) is 12.4. The first-order valence-corrected chi connectivity index (χ1v) is 9.64. The van der Waals surface area contributed by atoms with Crippen LogP contribution in [0.2, 0.25) is 0 Å². The van der Waals surface area contributed by atoms with Crippen molar-refractivity contribution in [1.82, 2.24) is 5.32 Å². The quantitative estimate of drug-likeness (QED) is 0.550. The smallest absolute Gasteiger partial charge is 0.293 e. The van der Waals surface area contributed by atoms with Crippen molar-refractivity contribution >= 4 is 28.9 Å². The standard InChI is InChI=1S/C23H24N2O2S/c1-14(2)17-7-9-19(10-8-17)24-23(28)25-22(26)21-12-11-20(27-21)18-6-5-15(3)16(4)13-18/h5-14H,1-4H3,(H2,24,25,26,28). The Morgan fingerprint density at radius 3 is 2.32 bits per heavy atom. The van der Waals surface area contributed by atoms with Crippen LogP contribution in [0.1, 0.15) is 47.0 Å². The number of carbonyl (C=O) groups excluding carboxylic acids is 1. The van der Waals surface area contributed by atoms with Gasteiger partial charge in [-0.15, -0.1) is 0 Å². The topological polar surface area (TPSA) is 54.3 Å². The highest BCUT2D eigenvalue weighted by atomic mass is 32.1. The van der Waals surface area contributed by atoms with E-state index in [9.17, 15) is 4.79 Å². The van der Waals surface area contributed by atoms with E-state index in [0.717, 1.165) is 11.3 Å². The van der Waals surface area contributed by atoms with Crippen LogP contribution in [0.15, 0.2) is 59.0 Å². The number of anilines is 1. The summed E-state index contributed by atoms with van der Waals surface area (Å²) in [5.41, 5.74) is 5.40. The molecule has 28 heavy (non-hydrogen) atoms. The lowest BCUT2D eigenvalue weighted by atomic mass is 10.0. The summed E-state index contributed by atoms with van der Waals surface area (Å²) in [7, 11) is 0. The molecule has 0 radical (unpaired) electrons. The summed E-state index contributed by atoms with van der Waals surface area (Å²) in [6.07, 6.45) is 0. The Hall–Kier alpha value is -2.92. The highest BCUT2D eigenvalue weighted by Gasteiger charge is 2.14. The van der Waals surface area contributed by atoms with Crippen molar-refractivity contribution in [2.75, 3.05) is 5.32 Å². The van der Waals surface area contributed by atoms with E-state index in [1.54, 1.807) is 12.1 Å². The molecule has 0 fully saturated rings. The third-order valence-electron chi connectivity index (χ3n) is 4.68. The van der Waals surface area contributed by atoms with Crippen molar-refractivity contribution < 1.29 is 9.21 Å². The number of carbonyl (C=O) groups is 1. The van der Waals surface area contributed by atoms with Crippen molar-refractivity contribution in [3.8, 4) is 11.3 Å². The second-order valence-electron chi connectivity index (χ2n) is 7.15. The molecule has 0 aliphatic rings. The maximum Gasteiger partial charge on any atom is 0.293 e. The van der Waals surface area contributed by atoms with E-state index >= 15 is 0 Å². The monoisotopic (exact) mass is 392 g/mol. The molecule has 5 heteroatoms. The predicted molar refractivity (Wildman–Crippen MR) is 118 cm³/mol. The van der Waals surface area contributed by atoms with Crippen molar-refractivity contribution in [2.24, 2.45) is 0 Å². The van der Waals surface area contributed by atoms with Gasteiger partial charge in [-0.1, -0.05) is 38.1 Å². The van der Waals surface area contributed by atoms with E-state index in [4.69, 9.17) is 16.6 Å². The zero-order chi connectivity index (χ0) is 20.3. The molecule has 0 bridgehead atoms. The molecular weight excluding hydrogens is 368 g/mol. The molecule has 0 saturated heterocycles. The molecule has 144 valence electrons. The average molecular weight is 393 g/mol. The number of rotatable bonds is 4. The lowest BCUT2D eigenvalue weighted by molar-refractivity contribution is 0.0951. The molecule has 0 saturated carbocycles. The molecule has 2 aromatic carbocycles. The third kappa shape index (κ3) is 4.67. The first-order valence-electron chi connectivity index (χ1n) is 9.23. The minimum Gasteiger partial charge on any atom is -0.451 e. The minimum absolute atomic E-state index is 0.215. The van der Waals surface area contributed by atoms with Crippen LogP contribution in [0.4, 0.5) is 5.69 Å². The summed E-state index contributed by atoms with van der Waals surface area (Å²) >= 11 is 5.24. The molecule has 4 nitrogen and oxygen atoms in total. The number of benzene rings is 2. The Labute approximate surface area is 171 Å². The molecular formula is C23H24N2O2S. The van der Waals surface area contributed by atoms with Gasteiger partial charge in [-0.2, -0.15) is 0 Å². The summed E-state index contributed by atoms with van der Waals surface area (Å²) < 4.78 is 5.72. The van der Waals surface area contributed by atoms with Crippen molar-refractivity contribution in [1.29, 1.82) is 0 Å². The van der Waals surface area contributed by atoms with Gasteiger partial charge < -0.3 is 9.73 Å². The van der Waals surface area contributed by atoms with Gasteiger partial charge in [0.2, 0.25) is 0 Å². The van der Waals surface area contributed by atoms with Crippen molar-refractivity contribution in [3.63, 3.8) is 0 Å². The van der Waals surface area contributed by atoms with Gasteiger partial charge in [0, 0.05) is 11.3 Å². The molecule has 0 unspecified atom stereocenters. The summed E-state index contributed by atoms with van der Waals surface area (Å²) in [5, 5.41) is 5.90.